The zero-order valence-electron chi connectivity index (χ0n) is 8.45. The summed E-state index contributed by atoms with van der Waals surface area (Å²) in [5.41, 5.74) is 1.66. The van der Waals surface area contributed by atoms with Crippen molar-refractivity contribution in [2.75, 3.05) is 7.11 Å². The summed E-state index contributed by atoms with van der Waals surface area (Å²) in [5.74, 6) is 0.753. The average Bonchev–Trinajstić information content (AvgIpc) is 2.51. The number of carbonyl (C=O) groups excluding carboxylic acids is 1. The molecule has 4 heteroatoms. The van der Waals surface area contributed by atoms with Gasteiger partial charge in [0.2, 0.25) is 0 Å². The summed E-state index contributed by atoms with van der Waals surface area (Å²) in [6.07, 6.45) is 0.853. The number of nitrogens with zero attached hydrogens (tertiary/aromatic N) is 1. The van der Waals surface area contributed by atoms with Gasteiger partial charge < -0.3 is 9.30 Å². The van der Waals surface area contributed by atoms with Crippen molar-refractivity contribution in [3.05, 3.63) is 28.4 Å². The molecule has 1 aromatic heterocycles. The third-order valence-corrected chi connectivity index (χ3v) is 3.45. The van der Waals surface area contributed by atoms with Crippen LogP contribution in [0.5, 0.6) is 5.75 Å². The Morgan fingerprint density at radius 2 is 2.20 bits per heavy atom. The molecule has 1 heterocycles. The van der Waals surface area contributed by atoms with Crippen molar-refractivity contribution >= 4 is 33.1 Å². The van der Waals surface area contributed by atoms with Crippen LogP contribution < -0.4 is 4.74 Å². The molecule has 0 bridgehead atoms. The second-order valence-electron chi connectivity index (χ2n) is 3.26. The van der Waals surface area contributed by atoms with E-state index in [9.17, 15) is 4.79 Å². The SMILES string of the molecule is COc1ccc2c(c1)c(C=O)c(Br)n2C. The molecule has 0 aliphatic heterocycles. The van der Waals surface area contributed by atoms with Gasteiger partial charge in [0.05, 0.1) is 17.3 Å². The highest BCUT2D eigenvalue weighted by Gasteiger charge is 2.12. The van der Waals surface area contributed by atoms with Crippen molar-refractivity contribution in [1.29, 1.82) is 0 Å². The molecule has 78 valence electrons. The first-order valence-corrected chi connectivity index (χ1v) is 5.25. The lowest BCUT2D eigenvalue weighted by Crippen LogP contribution is -1.87. The molecule has 0 unspecified atom stereocenters. The molecule has 0 amide bonds. The van der Waals surface area contributed by atoms with Crippen molar-refractivity contribution in [2.45, 2.75) is 0 Å². The van der Waals surface area contributed by atoms with Gasteiger partial charge >= 0.3 is 0 Å². The Kier molecular flexibility index (Phi) is 2.52. The maximum Gasteiger partial charge on any atom is 0.153 e. The first-order chi connectivity index (χ1) is 7.19. The van der Waals surface area contributed by atoms with Crippen molar-refractivity contribution in [2.24, 2.45) is 7.05 Å². The fraction of sp³-hybridized carbons (Fsp3) is 0.182. The summed E-state index contributed by atoms with van der Waals surface area (Å²) in [6, 6.07) is 5.68. The molecule has 2 aromatic rings. The minimum absolute atomic E-state index is 0.659. The zero-order valence-corrected chi connectivity index (χ0v) is 10.0. The van der Waals surface area contributed by atoms with Crippen LogP contribution in [0.25, 0.3) is 10.9 Å². The summed E-state index contributed by atoms with van der Waals surface area (Å²) in [4.78, 5) is 11.0. The molecule has 0 saturated carbocycles. The van der Waals surface area contributed by atoms with E-state index in [4.69, 9.17) is 4.74 Å². The maximum absolute atomic E-state index is 11.0. The monoisotopic (exact) mass is 267 g/mol. The van der Waals surface area contributed by atoms with Crippen LogP contribution in [-0.4, -0.2) is 18.0 Å². The number of aryl methyl sites for hydroxylation is 1. The summed E-state index contributed by atoms with van der Waals surface area (Å²) in [6.45, 7) is 0. The van der Waals surface area contributed by atoms with E-state index >= 15 is 0 Å². The van der Waals surface area contributed by atoms with E-state index < -0.39 is 0 Å². The van der Waals surface area contributed by atoms with Gasteiger partial charge in [-0.3, -0.25) is 4.79 Å². The molecule has 0 radical (unpaired) electrons. The normalized spacial score (nSPS) is 10.6. The van der Waals surface area contributed by atoms with Crippen LogP contribution in [0.15, 0.2) is 22.8 Å². The minimum Gasteiger partial charge on any atom is -0.497 e. The standard InChI is InChI=1S/C11H10BrNO2/c1-13-10-4-3-7(15-2)5-8(10)9(6-14)11(13)12/h3-6H,1-2H3. The number of rotatable bonds is 2. The molecular formula is C11H10BrNO2. The van der Waals surface area contributed by atoms with Crippen LogP contribution in [-0.2, 0) is 7.05 Å². The topological polar surface area (TPSA) is 31.2 Å². The number of halogens is 1. The number of methoxy groups -OCH3 is 1. The number of aromatic nitrogens is 1. The number of benzene rings is 1. The molecule has 0 aliphatic carbocycles. The average molecular weight is 268 g/mol. The Balaban J connectivity index is 2.85. The lowest BCUT2D eigenvalue weighted by molar-refractivity contribution is 0.112. The van der Waals surface area contributed by atoms with Crippen molar-refractivity contribution in [1.82, 2.24) is 4.57 Å². The lowest BCUT2D eigenvalue weighted by atomic mass is 10.2. The molecule has 3 nitrogen and oxygen atoms in total. The van der Waals surface area contributed by atoms with E-state index in [1.807, 2.05) is 29.8 Å². The van der Waals surface area contributed by atoms with Crippen LogP contribution in [0.1, 0.15) is 10.4 Å². The van der Waals surface area contributed by atoms with Gasteiger partial charge in [-0.2, -0.15) is 0 Å². The van der Waals surface area contributed by atoms with Gasteiger partial charge in [0, 0.05) is 18.0 Å². The van der Waals surface area contributed by atoms with E-state index in [-0.39, 0.29) is 0 Å². The molecule has 0 aliphatic rings. The molecule has 0 spiro atoms. The lowest BCUT2D eigenvalue weighted by Gasteiger charge is -2.00. The highest BCUT2D eigenvalue weighted by atomic mass is 79.9. The van der Waals surface area contributed by atoms with Crippen molar-refractivity contribution in [3.8, 4) is 5.75 Å². The number of carbonyl (C=O) groups is 1. The van der Waals surface area contributed by atoms with E-state index in [1.165, 1.54) is 0 Å². The summed E-state index contributed by atoms with van der Waals surface area (Å²) >= 11 is 3.39. The predicted octanol–water partition coefficient (Wildman–Crippen LogP) is 2.76. The summed E-state index contributed by atoms with van der Waals surface area (Å²) in [7, 11) is 3.52. The Labute approximate surface area is 95.8 Å². The summed E-state index contributed by atoms with van der Waals surface area (Å²) in [5, 5.41) is 0.902. The van der Waals surface area contributed by atoms with E-state index in [2.05, 4.69) is 15.9 Å². The number of ether oxygens (including phenoxy) is 1. The third-order valence-electron chi connectivity index (χ3n) is 2.49. The zero-order chi connectivity index (χ0) is 11.0. The predicted molar refractivity (Wildman–Crippen MR) is 62.6 cm³/mol. The Morgan fingerprint density at radius 3 is 2.80 bits per heavy atom. The molecule has 0 saturated heterocycles. The molecule has 2 rings (SSSR count). The van der Waals surface area contributed by atoms with Crippen LogP contribution in [0.3, 0.4) is 0 Å². The Hall–Kier alpha value is -1.29. The number of fused-ring (bicyclic) bond motifs is 1. The van der Waals surface area contributed by atoms with Gasteiger partial charge in [0.25, 0.3) is 0 Å². The second kappa shape index (κ2) is 3.70. The van der Waals surface area contributed by atoms with Gasteiger partial charge in [-0.15, -0.1) is 0 Å². The van der Waals surface area contributed by atoms with Gasteiger partial charge in [-0.05, 0) is 34.1 Å². The van der Waals surface area contributed by atoms with Crippen LogP contribution in [0, 0.1) is 0 Å². The highest BCUT2D eigenvalue weighted by Crippen LogP contribution is 2.30. The van der Waals surface area contributed by atoms with Gasteiger partial charge in [0.1, 0.15) is 5.75 Å². The molecule has 0 fully saturated rings. The smallest absolute Gasteiger partial charge is 0.153 e. The number of aldehydes is 1. The second-order valence-corrected chi connectivity index (χ2v) is 4.02. The fourth-order valence-electron chi connectivity index (χ4n) is 1.66. The minimum atomic E-state index is 0.659. The number of hydrogen-bond donors (Lipinski definition) is 0. The quantitative estimate of drug-likeness (QED) is 0.784. The molecule has 0 N–H and O–H groups in total. The Bertz CT molecular complexity index is 531. The Morgan fingerprint density at radius 1 is 1.47 bits per heavy atom. The molecule has 0 atom stereocenters. The van der Waals surface area contributed by atoms with Gasteiger partial charge in [-0.25, -0.2) is 0 Å². The highest BCUT2D eigenvalue weighted by molar-refractivity contribution is 9.10. The van der Waals surface area contributed by atoms with Crippen LogP contribution >= 0.6 is 15.9 Å². The van der Waals surface area contributed by atoms with Crippen molar-refractivity contribution in [3.63, 3.8) is 0 Å². The fourth-order valence-corrected chi connectivity index (χ4v) is 2.16. The van der Waals surface area contributed by atoms with Gasteiger partial charge in [0.15, 0.2) is 6.29 Å². The first kappa shape index (κ1) is 10.2. The van der Waals surface area contributed by atoms with Gasteiger partial charge in [-0.1, -0.05) is 0 Å². The van der Waals surface area contributed by atoms with Crippen LogP contribution in [0.2, 0.25) is 0 Å². The maximum atomic E-state index is 11.0. The van der Waals surface area contributed by atoms with E-state index in [0.29, 0.717) is 5.56 Å². The number of hydrogen-bond acceptors (Lipinski definition) is 2. The third kappa shape index (κ3) is 1.45. The first-order valence-electron chi connectivity index (χ1n) is 4.46. The largest absolute Gasteiger partial charge is 0.497 e. The van der Waals surface area contributed by atoms with E-state index in [1.54, 1.807) is 7.11 Å². The summed E-state index contributed by atoms with van der Waals surface area (Å²) < 4.78 is 7.85. The molecular weight excluding hydrogens is 258 g/mol. The van der Waals surface area contributed by atoms with E-state index in [0.717, 1.165) is 27.5 Å². The van der Waals surface area contributed by atoms with Crippen molar-refractivity contribution < 1.29 is 9.53 Å². The molecule has 1 aromatic carbocycles. The molecule has 15 heavy (non-hydrogen) atoms. The van der Waals surface area contributed by atoms with Crippen LogP contribution in [0.4, 0.5) is 0 Å².